The van der Waals surface area contributed by atoms with Crippen LogP contribution in [0.5, 0.6) is 0 Å². The first-order chi connectivity index (χ1) is 1.41. The Kier molecular flexibility index (Phi) is 20.8. The Hall–Kier alpha value is 0.648. The smallest absolute Gasteiger partial charge is 0 e. The van der Waals surface area contributed by atoms with Crippen LogP contribution in [0.4, 0.5) is 0 Å². The van der Waals surface area contributed by atoms with E-state index in [0.29, 0.717) is 6.54 Å². The zero-order valence-electron chi connectivity index (χ0n) is 2.40. The fourth-order valence-electron chi connectivity index (χ4n) is 0. The molecule has 2 heteroatoms. The molecule has 0 aliphatic rings. The molecule has 0 rings (SSSR count). The van der Waals surface area contributed by atoms with Crippen LogP contribution < -0.4 is 5.73 Å². The Morgan fingerprint density at radius 3 is 1.75 bits per heavy atom. The molecule has 0 spiro atoms. The molecule has 0 aromatic heterocycles. The summed E-state index contributed by atoms with van der Waals surface area (Å²) in [6.07, 6.45) is 0. The van der Waals surface area contributed by atoms with Gasteiger partial charge in [-0.05, 0) is 0 Å². The Morgan fingerprint density at radius 2 is 1.75 bits per heavy atom. The van der Waals surface area contributed by atoms with Crippen molar-refractivity contribution >= 4 is 0 Å². The summed E-state index contributed by atoms with van der Waals surface area (Å²) in [5, 5.41) is 0. The molecular formula is C2H6NW-. The van der Waals surface area contributed by atoms with Gasteiger partial charge < -0.3 is 12.7 Å². The van der Waals surface area contributed by atoms with Crippen LogP contribution in [-0.2, 0) is 21.1 Å². The first kappa shape index (κ1) is 8.82. The van der Waals surface area contributed by atoms with E-state index in [0.717, 1.165) is 0 Å². The minimum atomic E-state index is 0. The average molecular weight is 228 g/mol. The van der Waals surface area contributed by atoms with Crippen molar-refractivity contribution < 1.29 is 21.1 Å². The molecule has 0 bridgehead atoms. The van der Waals surface area contributed by atoms with E-state index in [-0.39, 0.29) is 21.1 Å². The molecule has 2 N–H and O–H groups in total. The molecule has 4 heavy (non-hydrogen) atoms. The predicted octanol–water partition coefficient (Wildman–Crippen LogP) is -0.223. The maximum Gasteiger partial charge on any atom is 0 e. The van der Waals surface area contributed by atoms with E-state index in [2.05, 4.69) is 6.92 Å². The van der Waals surface area contributed by atoms with Gasteiger partial charge in [-0.2, -0.15) is 0 Å². The number of rotatable bonds is 0. The molecule has 0 aliphatic carbocycles. The van der Waals surface area contributed by atoms with Crippen molar-refractivity contribution in [3.05, 3.63) is 6.92 Å². The van der Waals surface area contributed by atoms with E-state index in [1.807, 2.05) is 0 Å². The van der Waals surface area contributed by atoms with Gasteiger partial charge in [0.2, 0.25) is 0 Å². The molecule has 0 aliphatic heterocycles. The van der Waals surface area contributed by atoms with Gasteiger partial charge in [-0.1, -0.05) is 0 Å². The Balaban J connectivity index is 0. The monoisotopic (exact) mass is 228 g/mol. The van der Waals surface area contributed by atoms with Gasteiger partial charge >= 0.3 is 0 Å². The van der Waals surface area contributed by atoms with Gasteiger partial charge in [0.15, 0.2) is 0 Å². The Morgan fingerprint density at radius 1 is 1.75 bits per heavy atom. The molecule has 0 unspecified atom stereocenters. The molecule has 0 aromatic carbocycles. The number of nitrogens with two attached hydrogens (primary N) is 1. The summed E-state index contributed by atoms with van der Waals surface area (Å²) in [4.78, 5) is 0. The van der Waals surface area contributed by atoms with Crippen molar-refractivity contribution in [2.75, 3.05) is 6.54 Å². The third-order valence-electron chi connectivity index (χ3n) is 0. The standard InChI is InChI=1S/C2H6N.W/c1-2-3;/h1-3H2;/q-1;. The van der Waals surface area contributed by atoms with Crippen LogP contribution in [0.3, 0.4) is 0 Å². The summed E-state index contributed by atoms with van der Waals surface area (Å²) < 4.78 is 0. The average Bonchev–Trinajstić information content (AvgIpc) is 0.918. The maximum absolute atomic E-state index is 4.74. The second-order valence-electron chi connectivity index (χ2n) is 0.289. The van der Waals surface area contributed by atoms with E-state index in [1.165, 1.54) is 0 Å². The second kappa shape index (κ2) is 9.42. The molecule has 0 heterocycles. The van der Waals surface area contributed by atoms with Crippen LogP contribution in [0.2, 0.25) is 0 Å². The van der Waals surface area contributed by atoms with Gasteiger partial charge in [0.05, 0.1) is 0 Å². The number of hydrogen-bond acceptors (Lipinski definition) is 1. The van der Waals surface area contributed by atoms with Crippen molar-refractivity contribution in [3.63, 3.8) is 0 Å². The minimum absolute atomic E-state index is 0. The minimum Gasteiger partial charge on any atom is -0.360 e. The van der Waals surface area contributed by atoms with Gasteiger partial charge in [0.1, 0.15) is 0 Å². The summed E-state index contributed by atoms with van der Waals surface area (Å²) in [5.41, 5.74) is 4.74. The van der Waals surface area contributed by atoms with Crippen LogP contribution in [-0.4, -0.2) is 6.54 Å². The summed E-state index contributed by atoms with van der Waals surface area (Å²) in [6.45, 7) is 3.76. The summed E-state index contributed by atoms with van der Waals surface area (Å²) in [7, 11) is 0. The van der Waals surface area contributed by atoms with Crippen molar-refractivity contribution in [2.45, 2.75) is 0 Å². The molecule has 0 aromatic rings. The summed E-state index contributed by atoms with van der Waals surface area (Å²) in [5.74, 6) is 0. The molecular weight excluding hydrogens is 222 g/mol. The van der Waals surface area contributed by atoms with Gasteiger partial charge in [-0.15, -0.1) is 6.54 Å². The zero-order chi connectivity index (χ0) is 2.71. The summed E-state index contributed by atoms with van der Waals surface area (Å²) in [6, 6.07) is 0. The van der Waals surface area contributed by atoms with E-state index in [1.54, 1.807) is 0 Å². The van der Waals surface area contributed by atoms with Crippen LogP contribution in [0.25, 0.3) is 0 Å². The fourth-order valence-corrected chi connectivity index (χ4v) is 0. The number of hydrogen-bond donors (Lipinski definition) is 1. The SMILES string of the molecule is [CH2-]CN.[W]. The van der Waals surface area contributed by atoms with E-state index >= 15 is 0 Å². The van der Waals surface area contributed by atoms with Crippen molar-refractivity contribution in [3.8, 4) is 0 Å². The molecule has 0 atom stereocenters. The zero-order valence-corrected chi connectivity index (χ0v) is 5.33. The molecule has 1 nitrogen and oxygen atoms in total. The molecule has 0 saturated carbocycles. The van der Waals surface area contributed by atoms with Crippen molar-refractivity contribution in [2.24, 2.45) is 5.73 Å². The maximum atomic E-state index is 4.74. The third kappa shape index (κ3) is 17.1. The first-order valence-electron chi connectivity index (χ1n) is 0.908. The fraction of sp³-hybridized carbons (Fsp3) is 0.500. The molecule has 26 valence electrons. The molecule has 0 saturated heterocycles. The van der Waals surface area contributed by atoms with E-state index in [4.69, 9.17) is 5.73 Å². The van der Waals surface area contributed by atoms with Crippen molar-refractivity contribution in [1.82, 2.24) is 0 Å². The predicted molar refractivity (Wildman–Crippen MR) is 14.4 cm³/mol. The normalized spacial score (nSPS) is 4.50. The van der Waals surface area contributed by atoms with Gasteiger partial charge in [-0.3, -0.25) is 0 Å². The molecule has 0 amide bonds. The van der Waals surface area contributed by atoms with Crippen LogP contribution in [0, 0.1) is 6.92 Å². The third-order valence-corrected chi connectivity index (χ3v) is 0. The Labute approximate surface area is 40.8 Å². The van der Waals surface area contributed by atoms with Crippen molar-refractivity contribution in [1.29, 1.82) is 0 Å². The van der Waals surface area contributed by atoms with E-state index < -0.39 is 0 Å². The van der Waals surface area contributed by atoms with Crippen LogP contribution in [0.1, 0.15) is 0 Å². The molecule has 0 radical (unpaired) electrons. The quantitative estimate of drug-likeness (QED) is 0.569. The van der Waals surface area contributed by atoms with Gasteiger partial charge in [0, 0.05) is 21.1 Å². The van der Waals surface area contributed by atoms with Crippen LogP contribution >= 0.6 is 0 Å². The first-order valence-corrected chi connectivity index (χ1v) is 0.908. The summed E-state index contributed by atoms with van der Waals surface area (Å²) >= 11 is 0. The van der Waals surface area contributed by atoms with E-state index in [9.17, 15) is 0 Å². The van der Waals surface area contributed by atoms with Gasteiger partial charge in [-0.25, -0.2) is 0 Å². The molecule has 0 fully saturated rings. The van der Waals surface area contributed by atoms with Gasteiger partial charge in [0.25, 0.3) is 0 Å². The Bertz CT molecular complexity index is 6.00. The topological polar surface area (TPSA) is 26.0 Å². The largest absolute Gasteiger partial charge is 0.360 e. The second-order valence-corrected chi connectivity index (χ2v) is 0.289. The van der Waals surface area contributed by atoms with Crippen LogP contribution in [0.15, 0.2) is 0 Å².